The van der Waals surface area contributed by atoms with Gasteiger partial charge in [0, 0.05) is 0 Å². The van der Waals surface area contributed by atoms with E-state index in [1.165, 1.54) is 5.56 Å². The summed E-state index contributed by atoms with van der Waals surface area (Å²) in [6.07, 6.45) is -4.48. The molecule has 0 aromatic heterocycles. The summed E-state index contributed by atoms with van der Waals surface area (Å²) in [6, 6.07) is 12.6. The second-order valence-corrected chi connectivity index (χ2v) is 7.19. The highest BCUT2D eigenvalue weighted by molar-refractivity contribution is 5.33. The van der Waals surface area contributed by atoms with Crippen LogP contribution in [0.4, 0.5) is 17.6 Å². The van der Waals surface area contributed by atoms with Crippen LogP contribution in [0.5, 0.6) is 0 Å². The quantitative estimate of drug-likeness (QED) is 0.514. The van der Waals surface area contributed by atoms with E-state index in [-0.39, 0.29) is 5.92 Å². The van der Waals surface area contributed by atoms with Gasteiger partial charge in [0.15, 0.2) is 0 Å². The summed E-state index contributed by atoms with van der Waals surface area (Å²) in [5, 5.41) is 8.63. The van der Waals surface area contributed by atoms with E-state index in [9.17, 15) is 17.6 Å². The first kappa shape index (κ1) is 22.7. The molecule has 0 aliphatic rings. The highest BCUT2D eigenvalue weighted by atomic mass is 19.4. The minimum Gasteiger partial charge on any atom is -0.207 e. The third-order valence-electron chi connectivity index (χ3n) is 4.48. The first-order chi connectivity index (χ1) is 12.5. The van der Waals surface area contributed by atoms with Gasteiger partial charge in [-0.15, -0.1) is 0 Å². The summed E-state index contributed by atoms with van der Waals surface area (Å²) in [4.78, 5) is 0. The van der Waals surface area contributed by atoms with Crippen LogP contribution < -0.4 is 0 Å². The zero-order chi connectivity index (χ0) is 20.8. The van der Waals surface area contributed by atoms with Crippen molar-refractivity contribution in [1.29, 1.82) is 5.26 Å². The van der Waals surface area contributed by atoms with Crippen LogP contribution in [0.1, 0.15) is 68.7 Å². The predicted octanol–water partition coefficient (Wildman–Crippen LogP) is 7.29. The van der Waals surface area contributed by atoms with Crippen molar-refractivity contribution in [2.45, 2.75) is 52.6 Å². The zero-order valence-electron chi connectivity index (χ0n) is 16.2. The van der Waals surface area contributed by atoms with Crippen molar-refractivity contribution in [3.63, 3.8) is 0 Å². The molecule has 0 radical (unpaired) electrons. The van der Waals surface area contributed by atoms with Gasteiger partial charge in [0.1, 0.15) is 5.82 Å². The fraction of sp³-hybridized carbons (Fsp3) is 0.409. The second kappa shape index (κ2) is 9.55. The Labute approximate surface area is 158 Å². The number of benzene rings is 2. The standard InChI is InChI=1S/C12H15N.C10H10F4/c1-9(2)10(3)12-6-4-11(8-13)5-7-12;1-6(2)7-3-8(10(12,13)14)5-9(11)4-7/h4-7,9-10H,1-3H3;3-6H,1-2H3. The summed E-state index contributed by atoms with van der Waals surface area (Å²) < 4.78 is 49.6. The predicted molar refractivity (Wildman–Crippen MR) is 99.9 cm³/mol. The van der Waals surface area contributed by atoms with Gasteiger partial charge in [-0.2, -0.15) is 18.4 Å². The molecule has 0 aliphatic carbocycles. The summed E-state index contributed by atoms with van der Waals surface area (Å²) in [5.74, 6) is 0.246. The van der Waals surface area contributed by atoms with Crippen molar-refractivity contribution in [2.24, 2.45) is 5.92 Å². The lowest BCUT2D eigenvalue weighted by molar-refractivity contribution is -0.137. The number of alkyl halides is 3. The molecule has 2 aromatic rings. The molecule has 27 heavy (non-hydrogen) atoms. The van der Waals surface area contributed by atoms with Crippen molar-refractivity contribution >= 4 is 0 Å². The third-order valence-corrected chi connectivity index (χ3v) is 4.48. The molecule has 0 saturated carbocycles. The Morgan fingerprint density at radius 3 is 1.81 bits per heavy atom. The Bertz CT molecular complexity index is 768. The van der Waals surface area contributed by atoms with Crippen LogP contribution in [0.2, 0.25) is 0 Å². The minimum absolute atomic E-state index is 0.119. The summed E-state index contributed by atoms with van der Waals surface area (Å²) >= 11 is 0. The van der Waals surface area contributed by atoms with Crippen molar-refractivity contribution in [1.82, 2.24) is 0 Å². The van der Waals surface area contributed by atoms with Gasteiger partial charge >= 0.3 is 6.18 Å². The normalized spacial score (nSPS) is 12.4. The number of nitrogens with zero attached hydrogens (tertiary/aromatic N) is 1. The molecule has 2 rings (SSSR count). The van der Waals surface area contributed by atoms with Crippen molar-refractivity contribution in [2.75, 3.05) is 0 Å². The molecular formula is C22H25F4N. The molecule has 0 amide bonds. The molecule has 5 heteroatoms. The van der Waals surface area contributed by atoms with E-state index in [4.69, 9.17) is 5.26 Å². The van der Waals surface area contributed by atoms with Gasteiger partial charge in [0.25, 0.3) is 0 Å². The zero-order valence-corrected chi connectivity index (χ0v) is 16.2. The summed E-state index contributed by atoms with van der Waals surface area (Å²) in [5.41, 5.74) is 1.48. The Hall–Kier alpha value is -2.35. The number of hydrogen-bond acceptors (Lipinski definition) is 1. The Morgan fingerprint density at radius 1 is 0.852 bits per heavy atom. The first-order valence-electron chi connectivity index (χ1n) is 8.83. The van der Waals surface area contributed by atoms with Gasteiger partial charge in [0.05, 0.1) is 17.2 Å². The number of hydrogen-bond donors (Lipinski definition) is 0. The molecule has 0 N–H and O–H groups in total. The van der Waals surface area contributed by atoms with E-state index in [1.54, 1.807) is 13.8 Å². The summed E-state index contributed by atoms with van der Waals surface area (Å²) in [6.45, 7) is 10.1. The maximum atomic E-state index is 12.8. The lowest BCUT2D eigenvalue weighted by Crippen LogP contribution is -2.06. The highest BCUT2D eigenvalue weighted by Gasteiger charge is 2.31. The van der Waals surface area contributed by atoms with Crippen molar-refractivity contribution in [3.05, 3.63) is 70.5 Å². The Kier molecular flexibility index (Phi) is 8.02. The van der Waals surface area contributed by atoms with Gasteiger partial charge in [-0.25, -0.2) is 4.39 Å². The third kappa shape index (κ3) is 7.05. The molecule has 2 aromatic carbocycles. The Balaban J connectivity index is 0.000000271. The molecule has 0 aliphatic heterocycles. The van der Waals surface area contributed by atoms with Crippen molar-refractivity contribution < 1.29 is 17.6 Å². The lowest BCUT2D eigenvalue weighted by atomic mass is 9.90. The largest absolute Gasteiger partial charge is 0.416 e. The average molecular weight is 379 g/mol. The smallest absolute Gasteiger partial charge is 0.207 e. The topological polar surface area (TPSA) is 23.8 Å². The maximum absolute atomic E-state index is 12.8. The first-order valence-corrected chi connectivity index (χ1v) is 8.83. The fourth-order valence-corrected chi connectivity index (χ4v) is 2.36. The second-order valence-electron chi connectivity index (χ2n) is 7.19. The van der Waals surface area contributed by atoms with E-state index in [0.717, 1.165) is 17.7 Å². The van der Waals surface area contributed by atoms with Crippen LogP contribution in [0.15, 0.2) is 42.5 Å². The van der Waals surface area contributed by atoms with E-state index in [1.807, 2.05) is 24.3 Å². The van der Waals surface area contributed by atoms with Gasteiger partial charge < -0.3 is 0 Å². The molecule has 0 fully saturated rings. The van der Waals surface area contributed by atoms with Crippen LogP contribution in [-0.4, -0.2) is 0 Å². The molecule has 0 saturated heterocycles. The maximum Gasteiger partial charge on any atom is 0.416 e. The molecule has 0 bridgehead atoms. The number of halogens is 4. The van der Waals surface area contributed by atoms with Crippen LogP contribution in [-0.2, 0) is 6.18 Å². The highest BCUT2D eigenvalue weighted by Crippen LogP contribution is 2.31. The van der Waals surface area contributed by atoms with Crippen LogP contribution in [0, 0.1) is 23.1 Å². The fourth-order valence-electron chi connectivity index (χ4n) is 2.36. The number of rotatable bonds is 3. The van der Waals surface area contributed by atoms with Crippen molar-refractivity contribution in [3.8, 4) is 6.07 Å². The minimum atomic E-state index is -4.48. The molecule has 1 nitrogen and oxygen atoms in total. The van der Waals surface area contributed by atoms with Gasteiger partial charge in [-0.05, 0) is 59.2 Å². The van der Waals surface area contributed by atoms with Crippen LogP contribution in [0.25, 0.3) is 0 Å². The lowest BCUT2D eigenvalue weighted by Gasteiger charge is -2.15. The molecule has 1 atom stereocenters. The van der Waals surface area contributed by atoms with E-state index in [0.29, 0.717) is 23.5 Å². The van der Waals surface area contributed by atoms with Crippen LogP contribution in [0.3, 0.4) is 0 Å². The Morgan fingerprint density at radius 2 is 1.41 bits per heavy atom. The van der Waals surface area contributed by atoms with Gasteiger partial charge in [0.2, 0.25) is 0 Å². The summed E-state index contributed by atoms with van der Waals surface area (Å²) in [7, 11) is 0. The molecule has 0 spiro atoms. The molecule has 0 heterocycles. The SMILES string of the molecule is CC(C)C(C)c1ccc(C#N)cc1.CC(C)c1cc(F)cc(C(F)(F)F)c1. The van der Waals surface area contributed by atoms with Gasteiger partial charge in [-0.3, -0.25) is 0 Å². The van der Waals surface area contributed by atoms with E-state index >= 15 is 0 Å². The molecular weight excluding hydrogens is 354 g/mol. The van der Waals surface area contributed by atoms with E-state index in [2.05, 4.69) is 26.8 Å². The van der Waals surface area contributed by atoms with E-state index < -0.39 is 17.6 Å². The molecule has 146 valence electrons. The van der Waals surface area contributed by atoms with Gasteiger partial charge in [-0.1, -0.05) is 46.8 Å². The monoisotopic (exact) mass is 379 g/mol. The number of nitriles is 1. The van der Waals surface area contributed by atoms with Crippen LogP contribution >= 0.6 is 0 Å². The average Bonchev–Trinajstić information content (AvgIpc) is 2.60. The molecule has 1 unspecified atom stereocenters.